The number of hydrogen-bond donors (Lipinski definition) is 2. The first-order valence-corrected chi connectivity index (χ1v) is 8.23. The SMILES string of the molecule is Cc1c(C(N)=O)c(C)n(C(C)C(=O)Nc2ccc(N(C)C)cc2)c1C=O. The topological polar surface area (TPSA) is 97.4 Å². The highest BCUT2D eigenvalue weighted by atomic mass is 16.2. The maximum Gasteiger partial charge on any atom is 0.250 e. The molecule has 0 bridgehead atoms. The molecular formula is C19H24N4O3. The van der Waals surface area contributed by atoms with Gasteiger partial charge in [0.1, 0.15) is 6.04 Å². The Morgan fingerprint density at radius 3 is 2.23 bits per heavy atom. The molecule has 26 heavy (non-hydrogen) atoms. The van der Waals surface area contributed by atoms with E-state index >= 15 is 0 Å². The van der Waals surface area contributed by atoms with E-state index in [-0.39, 0.29) is 17.2 Å². The van der Waals surface area contributed by atoms with Crippen LogP contribution in [0.4, 0.5) is 11.4 Å². The molecule has 0 saturated heterocycles. The molecule has 0 radical (unpaired) electrons. The Balaban J connectivity index is 2.32. The molecule has 0 saturated carbocycles. The van der Waals surface area contributed by atoms with Crippen LogP contribution in [0.25, 0.3) is 0 Å². The zero-order chi connectivity index (χ0) is 19.6. The van der Waals surface area contributed by atoms with Crippen molar-refractivity contribution in [1.29, 1.82) is 0 Å². The van der Waals surface area contributed by atoms with Crippen molar-refractivity contribution in [2.75, 3.05) is 24.3 Å². The van der Waals surface area contributed by atoms with Crippen molar-refractivity contribution in [2.45, 2.75) is 26.8 Å². The number of hydrogen-bond acceptors (Lipinski definition) is 4. The summed E-state index contributed by atoms with van der Waals surface area (Å²) in [5.74, 6) is -0.909. The molecule has 0 aliphatic heterocycles. The lowest BCUT2D eigenvalue weighted by molar-refractivity contribution is -0.118. The molecule has 7 heteroatoms. The molecular weight excluding hydrogens is 332 g/mol. The van der Waals surface area contributed by atoms with Crippen LogP contribution in [0.3, 0.4) is 0 Å². The molecule has 0 aliphatic carbocycles. The third-order valence-corrected chi connectivity index (χ3v) is 4.52. The predicted octanol–water partition coefficient (Wildman–Crippen LogP) is 2.28. The number of aldehydes is 1. The number of amides is 2. The largest absolute Gasteiger partial charge is 0.378 e. The summed E-state index contributed by atoms with van der Waals surface area (Å²) in [6, 6.07) is 6.73. The fourth-order valence-corrected chi connectivity index (χ4v) is 3.10. The van der Waals surface area contributed by atoms with E-state index in [1.54, 1.807) is 25.3 Å². The Hall–Kier alpha value is -3.09. The molecule has 1 aromatic heterocycles. The van der Waals surface area contributed by atoms with Gasteiger partial charge in [-0.25, -0.2) is 0 Å². The van der Waals surface area contributed by atoms with Crippen molar-refractivity contribution in [3.8, 4) is 0 Å². The standard InChI is InChI=1S/C19H24N4O3/c1-11-16(10-24)23(12(2)17(11)18(20)25)13(3)19(26)21-14-6-8-15(9-7-14)22(4)5/h6-10,13H,1-5H3,(H2,20,25)(H,21,26). The van der Waals surface area contributed by atoms with E-state index in [0.29, 0.717) is 23.2 Å². The molecule has 138 valence electrons. The number of carbonyl (C=O) groups is 3. The smallest absolute Gasteiger partial charge is 0.250 e. The summed E-state index contributed by atoms with van der Waals surface area (Å²) in [6.45, 7) is 5.00. The highest BCUT2D eigenvalue weighted by Crippen LogP contribution is 2.26. The molecule has 1 unspecified atom stereocenters. The van der Waals surface area contributed by atoms with E-state index in [0.717, 1.165) is 5.69 Å². The summed E-state index contributed by atoms with van der Waals surface area (Å²) in [5.41, 5.74) is 8.63. The van der Waals surface area contributed by atoms with Gasteiger partial charge >= 0.3 is 0 Å². The average Bonchev–Trinajstić information content (AvgIpc) is 2.84. The van der Waals surface area contributed by atoms with Crippen LogP contribution in [0.5, 0.6) is 0 Å². The summed E-state index contributed by atoms with van der Waals surface area (Å²) in [7, 11) is 3.87. The van der Waals surface area contributed by atoms with Gasteiger partial charge in [0.25, 0.3) is 5.91 Å². The zero-order valence-corrected chi connectivity index (χ0v) is 15.7. The van der Waals surface area contributed by atoms with Crippen LogP contribution in [0, 0.1) is 13.8 Å². The minimum atomic E-state index is -0.685. The van der Waals surface area contributed by atoms with Gasteiger partial charge in [-0.3, -0.25) is 14.4 Å². The predicted molar refractivity (Wildman–Crippen MR) is 102 cm³/mol. The second kappa shape index (κ2) is 7.43. The summed E-state index contributed by atoms with van der Waals surface area (Å²) >= 11 is 0. The lowest BCUT2D eigenvalue weighted by Gasteiger charge is -2.18. The number of carbonyl (C=O) groups excluding carboxylic acids is 3. The van der Waals surface area contributed by atoms with Crippen LogP contribution in [0.2, 0.25) is 0 Å². The van der Waals surface area contributed by atoms with Gasteiger partial charge < -0.3 is 20.5 Å². The molecule has 3 N–H and O–H groups in total. The lowest BCUT2D eigenvalue weighted by atomic mass is 10.1. The van der Waals surface area contributed by atoms with Gasteiger partial charge in [0, 0.05) is 31.2 Å². The van der Waals surface area contributed by atoms with E-state index in [9.17, 15) is 14.4 Å². The first kappa shape index (κ1) is 19.2. The average molecular weight is 356 g/mol. The van der Waals surface area contributed by atoms with Crippen molar-refractivity contribution in [3.63, 3.8) is 0 Å². The Bertz CT molecular complexity index is 851. The monoisotopic (exact) mass is 356 g/mol. The van der Waals surface area contributed by atoms with Gasteiger partial charge in [0.15, 0.2) is 6.29 Å². The Labute approximate surface area is 152 Å². The number of nitrogens with one attached hydrogen (secondary N) is 1. The Morgan fingerprint density at radius 1 is 1.19 bits per heavy atom. The zero-order valence-electron chi connectivity index (χ0n) is 15.7. The molecule has 1 heterocycles. The number of benzene rings is 1. The molecule has 0 spiro atoms. The number of aromatic nitrogens is 1. The van der Waals surface area contributed by atoms with Crippen LogP contribution in [-0.2, 0) is 4.79 Å². The number of nitrogens with two attached hydrogens (primary N) is 1. The van der Waals surface area contributed by atoms with Crippen molar-refractivity contribution < 1.29 is 14.4 Å². The first-order chi connectivity index (χ1) is 12.2. The van der Waals surface area contributed by atoms with Gasteiger partial charge in [-0.2, -0.15) is 0 Å². The third kappa shape index (κ3) is 3.46. The number of nitrogens with zero attached hydrogens (tertiary/aromatic N) is 2. The van der Waals surface area contributed by atoms with Gasteiger partial charge in [0.05, 0.1) is 11.3 Å². The minimum absolute atomic E-state index is 0.280. The van der Waals surface area contributed by atoms with Crippen LogP contribution < -0.4 is 16.0 Å². The lowest BCUT2D eigenvalue weighted by Crippen LogP contribution is -2.26. The van der Waals surface area contributed by atoms with E-state index in [1.165, 1.54) is 0 Å². The highest BCUT2D eigenvalue weighted by Gasteiger charge is 2.26. The van der Waals surface area contributed by atoms with Crippen LogP contribution in [0.1, 0.15) is 45.1 Å². The van der Waals surface area contributed by atoms with Gasteiger partial charge in [-0.15, -0.1) is 0 Å². The van der Waals surface area contributed by atoms with Crippen LogP contribution >= 0.6 is 0 Å². The molecule has 1 aromatic carbocycles. The quantitative estimate of drug-likeness (QED) is 0.776. The Kier molecular flexibility index (Phi) is 5.50. The minimum Gasteiger partial charge on any atom is -0.378 e. The van der Waals surface area contributed by atoms with Gasteiger partial charge in [-0.1, -0.05) is 0 Å². The second-order valence-corrected chi connectivity index (χ2v) is 6.43. The number of anilines is 2. The van der Waals surface area contributed by atoms with Crippen molar-refractivity contribution >= 4 is 29.5 Å². The second-order valence-electron chi connectivity index (χ2n) is 6.43. The van der Waals surface area contributed by atoms with E-state index in [2.05, 4.69) is 5.32 Å². The summed E-state index contributed by atoms with van der Waals surface area (Å²) in [5, 5.41) is 2.83. The van der Waals surface area contributed by atoms with E-state index < -0.39 is 11.9 Å². The maximum absolute atomic E-state index is 12.7. The van der Waals surface area contributed by atoms with Crippen molar-refractivity contribution in [2.24, 2.45) is 5.73 Å². The molecule has 2 aromatic rings. The molecule has 1 atom stereocenters. The third-order valence-electron chi connectivity index (χ3n) is 4.52. The normalized spacial score (nSPS) is 11.7. The fourth-order valence-electron chi connectivity index (χ4n) is 3.10. The van der Waals surface area contributed by atoms with Crippen LogP contribution in [-0.4, -0.2) is 36.8 Å². The molecule has 0 fully saturated rings. The summed E-state index contributed by atoms with van der Waals surface area (Å²) in [4.78, 5) is 37.8. The van der Waals surface area contributed by atoms with Crippen molar-refractivity contribution in [1.82, 2.24) is 4.57 Å². The summed E-state index contributed by atoms with van der Waals surface area (Å²) < 4.78 is 1.55. The molecule has 0 aliphatic rings. The summed E-state index contributed by atoms with van der Waals surface area (Å²) in [6.07, 6.45) is 0.643. The molecule has 7 nitrogen and oxygen atoms in total. The molecule has 2 rings (SSSR count). The number of primary amides is 1. The Morgan fingerprint density at radius 2 is 1.77 bits per heavy atom. The first-order valence-electron chi connectivity index (χ1n) is 8.23. The molecule has 2 amide bonds. The number of rotatable bonds is 6. The maximum atomic E-state index is 12.7. The van der Waals surface area contributed by atoms with Gasteiger partial charge in [0.2, 0.25) is 5.91 Å². The van der Waals surface area contributed by atoms with E-state index in [1.807, 2.05) is 43.3 Å². The van der Waals surface area contributed by atoms with Gasteiger partial charge in [-0.05, 0) is 50.6 Å². The van der Waals surface area contributed by atoms with E-state index in [4.69, 9.17) is 5.73 Å². The highest BCUT2D eigenvalue weighted by molar-refractivity contribution is 5.99. The van der Waals surface area contributed by atoms with Crippen LogP contribution in [0.15, 0.2) is 24.3 Å². The fraction of sp³-hybridized carbons (Fsp3) is 0.316. The van der Waals surface area contributed by atoms with Crippen molar-refractivity contribution in [3.05, 3.63) is 46.8 Å².